The van der Waals surface area contributed by atoms with Crippen LogP contribution in [0, 0.1) is 11.8 Å². The van der Waals surface area contributed by atoms with Crippen LogP contribution in [0.5, 0.6) is 0 Å². The fourth-order valence-corrected chi connectivity index (χ4v) is 2.58. The molecule has 0 saturated heterocycles. The Kier molecular flexibility index (Phi) is 6.31. The lowest BCUT2D eigenvalue weighted by Gasteiger charge is -2.24. The summed E-state index contributed by atoms with van der Waals surface area (Å²) in [6, 6.07) is 0.738. The second-order valence-electron chi connectivity index (χ2n) is 5.68. The number of hydrogen-bond acceptors (Lipinski definition) is 1. The van der Waals surface area contributed by atoms with Crippen molar-refractivity contribution in [3.63, 3.8) is 0 Å². The van der Waals surface area contributed by atoms with Crippen molar-refractivity contribution in [1.82, 2.24) is 5.32 Å². The van der Waals surface area contributed by atoms with Gasteiger partial charge in [-0.1, -0.05) is 39.5 Å². The van der Waals surface area contributed by atoms with Gasteiger partial charge < -0.3 is 5.32 Å². The van der Waals surface area contributed by atoms with E-state index in [0.717, 1.165) is 17.9 Å². The molecule has 0 aromatic heterocycles. The zero-order valence-electron chi connectivity index (χ0n) is 10.9. The topological polar surface area (TPSA) is 12.0 Å². The first kappa shape index (κ1) is 13.0. The highest BCUT2D eigenvalue weighted by Crippen LogP contribution is 2.25. The molecular formula is C14H29N. The maximum Gasteiger partial charge on any atom is 0.00669 e. The Bertz CT molecular complexity index is 145. The minimum atomic E-state index is 0.738. The molecule has 0 aliphatic heterocycles. The van der Waals surface area contributed by atoms with E-state index in [4.69, 9.17) is 0 Å². The van der Waals surface area contributed by atoms with E-state index < -0.39 is 0 Å². The molecule has 1 aliphatic carbocycles. The summed E-state index contributed by atoms with van der Waals surface area (Å²) < 4.78 is 0. The molecule has 1 N–H and O–H groups in total. The third-order valence-electron chi connectivity index (χ3n) is 3.79. The van der Waals surface area contributed by atoms with Crippen molar-refractivity contribution in [1.29, 1.82) is 0 Å². The van der Waals surface area contributed by atoms with Crippen molar-refractivity contribution in [2.45, 2.75) is 71.8 Å². The van der Waals surface area contributed by atoms with Gasteiger partial charge in [0.1, 0.15) is 0 Å². The van der Waals surface area contributed by atoms with Crippen LogP contribution < -0.4 is 5.32 Å². The molecule has 1 fully saturated rings. The van der Waals surface area contributed by atoms with Crippen molar-refractivity contribution in [3.05, 3.63) is 0 Å². The van der Waals surface area contributed by atoms with Gasteiger partial charge in [0, 0.05) is 6.04 Å². The fraction of sp³-hybridized carbons (Fsp3) is 1.00. The van der Waals surface area contributed by atoms with E-state index in [1.54, 1.807) is 0 Å². The van der Waals surface area contributed by atoms with Gasteiger partial charge in [0.15, 0.2) is 0 Å². The largest absolute Gasteiger partial charge is 0.314 e. The Morgan fingerprint density at radius 1 is 1.00 bits per heavy atom. The first-order valence-electron chi connectivity index (χ1n) is 6.93. The molecular weight excluding hydrogens is 182 g/mol. The minimum Gasteiger partial charge on any atom is -0.314 e. The summed E-state index contributed by atoms with van der Waals surface area (Å²) in [4.78, 5) is 0. The average molecular weight is 211 g/mol. The van der Waals surface area contributed by atoms with Crippen molar-refractivity contribution >= 4 is 0 Å². The molecule has 1 rings (SSSR count). The SMILES string of the molecule is CC(C)CCN[C@@H](C)C1CCCCCC1. The molecule has 1 aliphatic rings. The summed E-state index contributed by atoms with van der Waals surface area (Å²) in [5.74, 6) is 1.78. The lowest BCUT2D eigenvalue weighted by molar-refractivity contribution is 0.331. The van der Waals surface area contributed by atoms with E-state index in [2.05, 4.69) is 26.1 Å². The zero-order chi connectivity index (χ0) is 11.1. The Hall–Kier alpha value is -0.0400. The summed E-state index contributed by atoms with van der Waals surface area (Å²) in [7, 11) is 0. The zero-order valence-corrected chi connectivity index (χ0v) is 10.9. The highest BCUT2D eigenvalue weighted by molar-refractivity contribution is 4.74. The van der Waals surface area contributed by atoms with Crippen LogP contribution in [0.25, 0.3) is 0 Å². The molecule has 0 amide bonds. The normalized spacial score (nSPS) is 21.6. The van der Waals surface area contributed by atoms with E-state index in [1.807, 2.05) is 0 Å². The molecule has 0 bridgehead atoms. The molecule has 0 aromatic carbocycles. The van der Waals surface area contributed by atoms with E-state index in [0.29, 0.717) is 0 Å². The highest BCUT2D eigenvalue weighted by atomic mass is 14.9. The molecule has 0 heterocycles. The Morgan fingerprint density at radius 3 is 2.13 bits per heavy atom. The second kappa shape index (κ2) is 7.27. The van der Waals surface area contributed by atoms with Gasteiger partial charge in [-0.25, -0.2) is 0 Å². The van der Waals surface area contributed by atoms with Gasteiger partial charge in [0.25, 0.3) is 0 Å². The number of rotatable bonds is 5. The predicted octanol–water partition coefficient (Wildman–Crippen LogP) is 3.98. The minimum absolute atomic E-state index is 0.738. The number of hydrogen-bond donors (Lipinski definition) is 1. The third-order valence-corrected chi connectivity index (χ3v) is 3.79. The predicted molar refractivity (Wildman–Crippen MR) is 68.1 cm³/mol. The molecule has 15 heavy (non-hydrogen) atoms. The van der Waals surface area contributed by atoms with Gasteiger partial charge in [0.05, 0.1) is 0 Å². The van der Waals surface area contributed by atoms with Gasteiger partial charge in [-0.3, -0.25) is 0 Å². The molecule has 1 heteroatoms. The smallest absolute Gasteiger partial charge is 0.00669 e. The van der Waals surface area contributed by atoms with Crippen LogP contribution in [0.4, 0.5) is 0 Å². The van der Waals surface area contributed by atoms with Crippen molar-refractivity contribution in [3.8, 4) is 0 Å². The van der Waals surface area contributed by atoms with Crippen LogP contribution in [-0.4, -0.2) is 12.6 Å². The summed E-state index contributed by atoms with van der Waals surface area (Å²) in [5, 5.41) is 3.71. The van der Waals surface area contributed by atoms with Gasteiger partial charge >= 0.3 is 0 Å². The van der Waals surface area contributed by atoms with Crippen LogP contribution >= 0.6 is 0 Å². The fourth-order valence-electron chi connectivity index (χ4n) is 2.58. The quantitative estimate of drug-likeness (QED) is 0.678. The van der Waals surface area contributed by atoms with Crippen molar-refractivity contribution < 1.29 is 0 Å². The van der Waals surface area contributed by atoms with Gasteiger partial charge in [-0.05, 0) is 44.6 Å². The Labute approximate surface area is 96.0 Å². The van der Waals surface area contributed by atoms with Crippen molar-refractivity contribution in [2.75, 3.05) is 6.54 Å². The third kappa shape index (κ3) is 5.55. The summed E-state index contributed by atoms with van der Waals surface area (Å²) >= 11 is 0. The molecule has 0 unspecified atom stereocenters. The maximum absolute atomic E-state index is 3.71. The lowest BCUT2D eigenvalue weighted by Crippen LogP contribution is -2.34. The molecule has 90 valence electrons. The van der Waals surface area contributed by atoms with E-state index in [1.165, 1.54) is 51.5 Å². The van der Waals surface area contributed by atoms with E-state index in [9.17, 15) is 0 Å². The Balaban J connectivity index is 2.16. The summed E-state index contributed by atoms with van der Waals surface area (Å²) in [5.41, 5.74) is 0. The van der Waals surface area contributed by atoms with Gasteiger partial charge in [-0.15, -0.1) is 0 Å². The molecule has 1 saturated carbocycles. The monoisotopic (exact) mass is 211 g/mol. The first-order chi connectivity index (χ1) is 7.20. The average Bonchev–Trinajstić information content (AvgIpc) is 2.44. The molecule has 1 atom stereocenters. The molecule has 0 aromatic rings. The molecule has 1 nitrogen and oxygen atoms in total. The van der Waals surface area contributed by atoms with Crippen molar-refractivity contribution in [2.24, 2.45) is 11.8 Å². The molecule has 0 spiro atoms. The molecule has 0 radical (unpaired) electrons. The van der Waals surface area contributed by atoms with Crippen LogP contribution in [-0.2, 0) is 0 Å². The highest BCUT2D eigenvalue weighted by Gasteiger charge is 2.18. The lowest BCUT2D eigenvalue weighted by atomic mass is 9.93. The Morgan fingerprint density at radius 2 is 1.60 bits per heavy atom. The van der Waals surface area contributed by atoms with E-state index in [-0.39, 0.29) is 0 Å². The van der Waals surface area contributed by atoms with Gasteiger partial charge in [-0.2, -0.15) is 0 Å². The standard InChI is InChI=1S/C14H29N/c1-12(2)10-11-15-13(3)14-8-6-4-5-7-9-14/h12-15H,4-11H2,1-3H3/t13-/m0/s1. The maximum atomic E-state index is 3.71. The van der Waals surface area contributed by atoms with Crippen LogP contribution in [0.1, 0.15) is 65.7 Å². The number of nitrogens with one attached hydrogen (secondary N) is 1. The van der Waals surface area contributed by atoms with Crippen LogP contribution in [0.2, 0.25) is 0 Å². The van der Waals surface area contributed by atoms with E-state index >= 15 is 0 Å². The first-order valence-corrected chi connectivity index (χ1v) is 6.93. The second-order valence-corrected chi connectivity index (χ2v) is 5.68. The summed E-state index contributed by atoms with van der Waals surface area (Å²) in [6.45, 7) is 8.20. The van der Waals surface area contributed by atoms with Crippen LogP contribution in [0.3, 0.4) is 0 Å². The van der Waals surface area contributed by atoms with Crippen LogP contribution in [0.15, 0.2) is 0 Å². The van der Waals surface area contributed by atoms with Gasteiger partial charge in [0.2, 0.25) is 0 Å². The summed E-state index contributed by atoms with van der Waals surface area (Å²) in [6.07, 6.45) is 10.1.